The minimum Gasteiger partial charge on any atom is -0.497 e. The fourth-order valence-electron chi connectivity index (χ4n) is 3.69. The Labute approximate surface area is 157 Å². The van der Waals surface area contributed by atoms with Crippen molar-refractivity contribution in [3.05, 3.63) is 41.5 Å². The summed E-state index contributed by atoms with van der Waals surface area (Å²) in [5.41, 5.74) is 14.7. The van der Waals surface area contributed by atoms with E-state index in [4.69, 9.17) is 29.4 Å². The number of benzene rings is 2. The molecule has 8 nitrogen and oxygen atoms in total. The van der Waals surface area contributed by atoms with Crippen LogP contribution in [0.25, 0.3) is 0 Å². The van der Waals surface area contributed by atoms with Gasteiger partial charge >= 0.3 is 0 Å². The van der Waals surface area contributed by atoms with Gasteiger partial charge in [-0.05, 0) is 23.8 Å². The Morgan fingerprint density at radius 2 is 1.70 bits per heavy atom. The molecule has 8 heteroatoms. The molecule has 2 aliphatic rings. The molecule has 0 bridgehead atoms. The number of ether oxygens (including phenoxy) is 5. The predicted octanol–water partition coefficient (Wildman–Crippen LogP) is 1.66. The summed E-state index contributed by atoms with van der Waals surface area (Å²) in [5.74, 6) is 2.95. The van der Waals surface area contributed by atoms with Crippen molar-refractivity contribution in [1.82, 2.24) is 10.9 Å². The highest BCUT2D eigenvalue weighted by atomic mass is 16.7. The van der Waals surface area contributed by atoms with Crippen LogP contribution in [0.15, 0.2) is 30.3 Å². The molecule has 0 aliphatic carbocycles. The summed E-state index contributed by atoms with van der Waals surface area (Å²) in [4.78, 5) is 0. The van der Waals surface area contributed by atoms with Gasteiger partial charge in [-0.15, -0.1) is 0 Å². The number of fused-ring (bicyclic) bond motifs is 1. The van der Waals surface area contributed by atoms with Gasteiger partial charge < -0.3 is 29.4 Å². The average Bonchev–Trinajstić information content (AvgIpc) is 3.33. The molecule has 4 N–H and O–H groups in total. The standard InChI is InChI=1S/C19H23N3O5/c1-23-11-6-4-10(5-7-11)15-14(19(20)22-21-15)12-8-13(24-2)17-18(16(12)25-3)27-9-26-17/h4-8,14-15,19,21-22H,9,20H2,1-3H3. The lowest BCUT2D eigenvalue weighted by Gasteiger charge is -2.25. The fourth-order valence-corrected chi connectivity index (χ4v) is 3.69. The van der Waals surface area contributed by atoms with Crippen molar-refractivity contribution < 1.29 is 23.7 Å². The second kappa shape index (κ2) is 7.15. The summed E-state index contributed by atoms with van der Waals surface area (Å²) in [5, 5.41) is 0. The van der Waals surface area contributed by atoms with E-state index in [1.54, 1.807) is 21.3 Å². The van der Waals surface area contributed by atoms with Crippen LogP contribution in [0.3, 0.4) is 0 Å². The van der Waals surface area contributed by atoms with Crippen LogP contribution < -0.4 is 40.3 Å². The smallest absolute Gasteiger partial charge is 0.231 e. The number of nitrogens with one attached hydrogen (secondary N) is 2. The fraction of sp³-hybridized carbons (Fsp3) is 0.368. The lowest BCUT2D eigenvalue weighted by Crippen LogP contribution is -2.38. The van der Waals surface area contributed by atoms with Crippen molar-refractivity contribution in [2.45, 2.75) is 18.1 Å². The zero-order chi connectivity index (χ0) is 19.0. The highest BCUT2D eigenvalue weighted by molar-refractivity contribution is 5.65. The maximum absolute atomic E-state index is 6.39. The Kier molecular flexibility index (Phi) is 4.69. The van der Waals surface area contributed by atoms with Gasteiger partial charge in [-0.1, -0.05) is 12.1 Å². The topological polar surface area (TPSA) is 96.2 Å². The molecule has 1 fully saturated rings. The first-order valence-electron chi connectivity index (χ1n) is 8.63. The van der Waals surface area contributed by atoms with E-state index >= 15 is 0 Å². The molecule has 2 aromatic carbocycles. The molecule has 1 saturated heterocycles. The van der Waals surface area contributed by atoms with Gasteiger partial charge in [0.05, 0.1) is 33.5 Å². The van der Waals surface area contributed by atoms with Crippen LogP contribution in [-0.2, 0) is 0 Å². The number of nitrogens with two attached hydrogens (primary N) is 1. The monoisotopic (exact) mass is 373 g/mol. The SMILES string of the molecule is COc1ccc(C2NNC(N)C2c2cc(OC)c3c(c2OC)OCO3)cc1. The predicted molar refractivity (Wildman–Crippen MR) is 98.4 cm³/mol. The van der Waals surface area contributed by atoms with Crippen LogP contribution in [0.4, 0.5) is 0 Å². The summed E-state index contributed by atoms with van der Waals surface area (Å²) in [6.07, 6.45) is -0.337. The highest BCUT2D eigenvalue weighted by Crippen LogP contribution is 2.53. The lowest BCUT2D eigenvalue weighted by atomic mass is 9.85. The van der Waals surface area contributed by atoms with Crippen molar-refractivity contribution >= 4 is 0 Å². The van der Waals surface area contributed by atoms with E-state index in [9.17, 15) is 0 Å². The molecule has 27 heavy (non-hydrogen) atoms. The van der Waals surface area contributed by atoms with Gasteiger partial charge in [0, 0.05) is 11.5 Å². The molecule has 2 aromatic rings. The molecule has 0 aromatic heterocycles. The Balaban J connectivity index is 1.80. The van der Waals surface area contributed by atoms with E-state index in [0.29, 0.717) is 23.0 Å². The third kappa shape index (κ3) is 2.91. The van der Waals surface area contributed by atoms with Crippen LogP contribution in [0.2, 0.25) is 0 Å². The van der Waals surface area contributed by atoms with Gasteiger partial charge in [0.1, 0.15) is 5.75 Å². The molecule has 0 radical (unpaired) electrons. The molecule has 0 amide bonds. The van der Waals surface area contributed by atoms with Crippen molar-refractivity contribution in [2.24, 2.45) is 5.73 Å². The maximum atomic E-state index is 6.39. The lowest BCUT2D eigenvalue weighted by molar-refractivity contribution is 0.168. The minimum atomic E-state index is -0.337. The van der Waals surface area contributed by atoms with Crippen LogP contribution in [-0.4, -0.2) is 34.3 Å². The van der Waals surface area contributed by atoms with E-state index in [0.717, 1.165) is 16.9 Å². The average molecular weight is 373 g/mol. The molecule has 2 aliphatic heterocycles. The summed E-state index contributed by atoms with van der Waals surface area (Å²) in [7, 11) is 4.85. The largest absolute Gasteiger partial charge is 0.497 e. The zero-order valence-corrected chi connectivity index (χ0v) is 15.4. The molecule has 144 valence electrons. The van der Waals surface area contributed by atoms with E-state index in [1.807, 2.05) is 30.3 Å². The molecule has 0 saturated carbocycles. The number of hydrogen-bond acceptors (Lipinski definition) is 8. The quantitative estimate of drug-likeness (QED) is 0.728. The van der Waals surface area contributed by atoms with Crippen LogP contribution in [0, 0.1) is 0 Å². The van der Waals surface area contributed by atoms with E-state index in [-0.39, 0.29) is 24.9 Å². The first kappa shape index (κ1) is 17.7. The Morgan fingerprint density at radius 1 is 0.963 bits per heavy atom. The number of hydrazine groups is 1. The molecule has 4 rings (SSSR count). The summed E-state index contributed by atoms with van der Waals surface area (Å²) < 4.78 is 27.6. The van der Waals surface area contributed by atoms with Crippen LogP contribution >= 0.6 is 0 Å². The van der Waals surface area contributed by atoms with E-state index in [2.05, 4.69) is 10.9 Å². The molecule has 3 atom stereocenters. The first-order chi connectivity index (χ1) is 13.2. The Hall–Kier alpha value is -2.68. The molecule has 2 heterocycles. The highest BCUT2D eigenvalue weighted by Gasteiger charge is 2.40. The summed E-state index contributed by atoms with van der Waals surface area (Å²) in [6, 6.07) is 9.71. The summed E-state index contributed by atoms with van der Waals surface area (Å²) >= 11 is 0. The third-order valence-electron chi connectivity index (χ3n) is 5.00. The van der Waals surface area contributed by atoms with E-state index in [1.165, 1.54) is 0 Å². The molecule has 0 spiro atoms. The Morgan fingerprint density at radius 3 is 2.37 bits per heavy atom. The number of rotatable bonds is 5. The van der Waals surface area contributed by atoms with Crippen molar-refractivity contribution in [3.63, 3.8) is 0 Å². The first-order valence-corrected chi connectivity index (χ1v) is 8.63. The van der Waals surface area contributed by atoms with Crippen molar-refractivity contribution in [3.8, 4) is 28.7 Å². The second-order valence-electron chi connectivity index (χ2n) is 6.36. The second-order valence-corrected chi connectivity index (χ2v) is 6.36. The molecular weight excluding hydrogens is 350 g/mol. The number of methoxy groups -OCH3 is 3. The normalized spacial score (nSPS) is 23.3. The van der Waals surface area contributed by atoms with Gasteiger partial charge in [0.2, 0.25) is 18.3 Å². The van der Waals surface area contributed by atoms with Crippen LogP contribution in [0.1, 0.15) is 23.1 Å². The van der Waals surface area contributed by atoms with E-state index < -0.39 is 0 Å². The van der Waals surface area contributed by atoms with Gasteiger partial charge in [-0.3, -0.25) is 0 Å². The van der Waals surface area contributed by atoms with Crippen molar-refractivity contribution in [2.75, 3.05) is 28.1 Å². The van der Waals surface area contributed by atoms with Gasteiger partial charge in [-0.2, -0.15) is 0 Å². The Bertz CT molecular complexity index is 827. The van der Waals surface area contributed by atoms with Crippen molar-refractivity contribution in [1.29, 1.82) is 0 Å². The van der Waals surface area contributed by atoms with Gasteiger partial charge in [0.25, 0.3) is 0 Å². The molecular formula is C19H23N3O5. The van der Waals surface area contributed by atoms with Gasteiger partial charge in [0.15, 0.2) is 11.5 Å². The maximum Gasteiger partial charge on any atom is 0.231 e. The third-order valence-corrected chi connectivity index (χ3v) is 5.00. The van der Waals surface area contributed by atoms with Crippen LogP contribution in [0.5, 0.6) is 28.7 Å². The minimum absolute atomic E-state index is 0.0788. The van der Waals surface area contributed by atoms with Gasteiger partial charge in [-0.25, -0.2) is 10.9 Å². The number of hydrogen-bond donors (Lipinski definition) is 3. The summed E-state index contributed by atoms with van der Waals surface area (Å²) in [6.45, 7) is 0.126. The zero-order valence-electron chi connectivity index (χ0n) is 15.4. The molecule has 3 unspecified atom stereocenters.